The highest BCUT2D eigenvalue weighted by Crippen LogP contribution is 2.57. The van der Waals surface area contributed by atoms with Gasteiger partial charge in [0.25, 0.3) is 0 Å². The summed E-state index contributed by atoms with van der Waals surface area (Å²) in [6.45, 7) is 7.60. The molecule has 1 aromatic rings. The van der Waals surface area contributed by atoms with Crippen molar-refractivity contribution in [2.45, 2.75) is 87.3 Å². The fourth-order valence-corrected chi connectivity index (χ4v) is 7.71. The molecule has 172 valence electrons. The second-order valence-electron chi connectivity index (χ2n) is 9.70. The van der Waals surface area contributed by atoms with Crippen LogP contribution in [0, 0.1) is 18.8 Å². The summed E-state index contributed by atoms with van der Waals surface area (Å²) in [6.07, 6.45) is 6.23. The molecule has 3 aliphatic rings. The Balaban J connectivity index is 1.67. The second-order valence-corrected chi connectivity index (χ2v) is 12.5. The Kier molecular flexibility index (Phi) is 6.34. The van der Waals surface area contributed by atoms with Gasteiger partial charge < -0.3 is 14.2 Å². The maximum atomic E-state index is 13.9. The molecule has 1 aliphatic carbocycles. The monoisotopic (exact) mass is 468 g/mol. The van der Waals surface area contributed by atoms with E-state index in [0.29, 0.717) is 23.6 Å². The van der Waals surface area contributed by atoms with Gasteiger partial charge in [-0.3, -0.25) is 0 Å². The molecule has 0 N–H and O–H groups in total. The van der Waals surface area contributed by atoms with E-state index in [1.165, 1.54) is 0 Å². The quantitative estimate of drug-likeness (QED) is 0.320. The molecule has 0 aromatic heterocycles. The van der Waals surface area contributed by atoms with Gasteiger partial charge in [-0.1, -0.05) is 29.8 Å². The van der Waals surface area contributed by atoms with Crippen molar-refractivity contribution in [3.63, 3.8) is 0 Å². The molecule has 31 heavy (non-hydrogen) atoms. The van der Waals surface area contributed by atoms with Gasteiger partial charge in [0, 0.05) is 11.8 Å². The molecule has 7 heteroatoms. The molecule has 3 fully saturated rings. The third-order valence-electron chi connectivity index (χ3n) is 7.07. The van der Waals surface area contributed by atoms with Gasteiger partial charge in [-0.25, -0.2) is 8.42 Å². The van der Waals surface area contributed by atoms with Crippen LogP contribution >= 0.6 is 11.6 Å². The van der Waals surface area contributed by atoms with Crippen LogP contribution < -0.4 is 0 Å². The van der Waals surface area contributed by atoms with Crippen LogP contribution in [0.5, 0.6) is 0 Å². The van der Waals surface area contributed by atoms with E-state index in [-0.39, 0.29) is 24.0 Å². The number of hydrogen-bond acceptors (Lipinski definition) is 5. The first-order valence-electron chi connectivity index (χ1n) is 11.1. The zero-order chi connectivity index (χ0) is 22.4. The number of unbranched alkanes of at least 4 members (excludes halogenated alkanes) is 1. The maximum absolute atomic E-state index is 13.9. The van der Waals surface area contributed by atoms with Crippen LogP contribution in [0.4, 0.5) is 0 Å². The van der Waals surface area contributed by atoms with E-state index >= 15 is 0 Å². The van der Waals surface area contributed by atoms with E-state index in [1.54, 1.807) is 12.1 Å². The van der Waals surface area contributed by atoms with Crippen molar-refractivity contribution in [3.8, 4) is 0 Å². The third kappa shape index (κ3) is 4.10. The molecule has 0 radical (unpaired) electrons. The van der Waals surface area contributed by atoms with Crippen LogP contribution in [0.3, 0.4) is 0 Å². The van der Waals surface area contributed by atoms with Gasteiger partial charge in [0.2, 0.25) is 0 Å². The summed E-state index contributed by atoms with van der Waals surface area (Å²) < 4.78 is 45.2. The Labute approximate surface area is 191 Å². The molecule has 2 saturated heterocycles. The summed E-state index contributed by atoms with van der Waals surface area (Å²) in [6, 6.07) is 7.16. The van der Waals surface area contributed by atoms with Crippen molar-refractivity contribution < 1.29 is 22.6 Å². The fourth-order valence-electron chi connectivity index (χ4n) is 5.49. The van der Waals surface area contributed by atoms with Crippen LogP contribution in [0.25, 0.3) is 0 Å². The standard InChI is InChI=1S/C24H33ClO5S/c1-16-10-12-17(13-11-16)31(26,27)24(4)15-19-20(18(24)9-7-5-6-8-14-25)21-22(28-19)30-23(2,3)29-21/h5,7,10-13,18-22H,6,8-9,14-15H2,1-4H3/b7-5-/t18-,19-,20-,21-,22-,24+/m1/s1. The summed E-state index contributed by atoms with van der Waals surface area (Å²) in [7, 11) is -3.58. The molecule has 1 saturated carbocycles. The van der Waals surface area contributed by atoms with Gasteiger partial charge >= 0.3 is 0 Å². The first-order valence-corrected chi connectivity index (χ1v) is 13.1. The summed E-state index contributed by atoms with van der Waals surface area (Å²) in [4.78, 5) is 0.372. The highest BCUT2D eigenvalue weighted by Gasteiger charge is 2.67. The van der Waals surface area contributed by atoms with Crippen molar-refractivity contribution in [2.75, 3.05) is 5.88 Å². The zero-order valence-electron chi connectivity index (χ0n) is 18.7. The summed E-state index contributed by atoms with van der Waals surface area (Å²) in [5, 5.41) is 0. The molecule has 6 atom stereocenters. The molecule has 2 aliphatic heterocycles. The van der Waals surface area contributed by atoms with Gasteiger partial charge in [0.1, 0.15) is 6.10 Å². The average molecular weight is 469 g/mol. The predicted octanol–water partition coefficient (Wildman–Crippen LogP) is 5.01. The van der Waals surface area contributed by atoms with Crippen molar-refractivity contribution in [1.29, 1.82) is 0 Å². The Morgan fingerprint density at radius 1 is 1.13 bits per heavy atom. The largest absolute Gasteiger partial charge is 0.346 e. The number of benzene rings is 1. The fraction of sp³-hybridized carbons (Fsp3) is 0.667. The Bertz CT molecular complexity index is 926. The molecule has 1 aromatic carbocycles. The molecular formula is C24H33ClO5S. The Morgan fingerprint density at radius 3 is 2.52 bits per heavy atom. The van der Waals surface area contributed by atoms with Crippen molar-refractivity contribution in [1.82, 2.24) is 0 Å². The summed E-state index contributed by atoms with van der Waals surface area (Å²) >= 11 is 5.79. The minimum atomic E-state index is -3.58. The van der Waals surface area contributed by atoms with Crippen LogP contribution in [-0.2, 0) is 24.0 Å². The molecule has 2 heterocycles. The number of sulfone groups is 1. The first-order chi connectivity index (χ1) is 14.6. The van der Waals surface area contributed by atoms with E-state index < -0.39 is 26.7 Å². The van der Waals surface area contributed by atoms with Gasteiger partial charge in [-0.15, -0.1) is 11.6 Å². The lowest BCUT2D eigenvalue weighted by molar-refractivity contribution is -0.208. The van der Waals surface area contributed by atoms with Crippen LogP contribution in [0.2, 0.25) is 0 Å². The molecule has 0 amide bonds. The summed E-state index contributed by atoms with van der Waals surface area (Å²) in [5.41, 5.74) is 1.04. The topological polar surface area (TPSA) is 61.8 Å². The normalized spacial score (nSPS) is 36.7. The minimum absolute atomic E-state index is 0.0327. The Morgan fingerprint density at radius 2 is 1.84 bits per heavy atom. The smallest absolute Gasteiger partial charge is 0.187 e. The average Bonchev–Trinajstić information content (AvgIpc) is 3.26. The van der Waals surface area contributed by atoms with E-state index in [0.717, 1.165) is 18.4 Å². The lowest BCUT2D eigenvalue weighted by atomic mass is 9.83. The number of allylic oxidation sites excluding steroid dienone is 2. The number of ether oxygens (including phenoxy) is 3. The predicted molar refractivity (Wildman–Crippen MR) is 121 cm³/mol. The van der Waals surface area contributed by atoms with Crippen molar-refractivity contribution in [3.05, 3.63) is 42.0 Å². The molecule has 0 unspecified atom stereocenters. The molecule has 5 nitrogen and oxygen atoms in total. The van der Waals surface area contributed by atoms with Crippen molar-refractivity contribution >= 4 is 21.4 Å². The van der Waals surface area contributed by atoms with Gasteiger partial charge in [0.15, 0.2) is 21.9 Å². The second kappa shape index (κ2) is 8.45. The molecule has 0 bridgehead atoms. The third-order valence-corrected chi connectivity index (χ3v) is 9.92. The van der Waals surface area contributed by atoms with E-state index in [9.17, 15) is 8.42 Å². The molecule has 4 rings (SSSR count). The number of rotatable bonds is 7. The van der Waals surface area contributed by atoms with E-state index in [1.807, 2.05) is 39.8 Å². The number of aryl methyl sites for hydroxylation is 1. The highest BCUT2D eigenvalue weighted by molar-refractivity contribution is 7.92. The van der Waals surface area contributed by atoms with Gasteiger partial charge in [-0.05, 0) is 71.4 Å². The molecule has 0 spiro atoms. The highest BCUT2D eigenvalue weighted by atomic mass is 35.5. The van der Waals surface area contributed by atoms with Crippen LogP contribution in [-0.4, -0.2) is 43.3 Å². The lowest BCUT2D eigenvalue weighted by Crippen LogP contribution is -2.43. The summed E-state index contributed by atoms with van der Waals surface area (Å²) in [5.74, 6) is -0.274. The lowest BCUT2D eigenvalue weighted by Gasteiger charge is -2.34. The number of halogens is 1. The number of hydrogen-bond donors (Lipinski definition) is 0. The van der Waals surface area contributed by atoms with Crippen LogP contribution in [0.15, 0.2) is 41.3 Å². The zero-order valence-corrected chi connectivity index (χ0v) is 20.3. The van der Waals surface area contributed by atoms with Crippen LogP contribution in [0.1, 0.15) is 52.0 Å². The van der Waals surface area contributed by atoms with Gasteiger partial charge in [0.05, 0.1) is 15.7 Å². The first kappa shape index (κ1) is 23.2. The molecular weight excluding hydrogens is 436 g/mol. The van der Waals surface area contributed by atoms with Gasteiger partial charge in [-0.2, -0.15) is 0 Å². The van der Waals surface area contributed by atoms with Crippen molar-refractivity contribution in [2.24, 2.45) is 11.8 Å². The van der Waals surface area contributed by atoms with E-state index in [2.05, 4.69) is 12.2 Å². The Hall–Kier alpha value is -0.920. The van der Waals surface area contributed by atoms with E-state index in [4.69, 9.17) is 25.8 Å². The number of alkyl halides is 1. The maximum Gasteiger partial charge on any atom is 0.187 e. The number of fused-ring (bicyclic) bond motifs is 3. The SMILES string of the molecule is Cc1ccc(S(=O)(=O)[C@@]2(C)C[C@H]3O[C@@H]4OC(C)(C)O[C@@H]4[C@@H]3[C@H]2C/C=C\CCCCl)cc1. The minimum Gasteiger partial charge on any atom is -0.346 e.